The van der Waals surface area contributed by atoms with Gasteiger partial charge in [-0.3, -0.25) is 9.78 Å². The fourth-order valence-corrected chi connectivity index (χ4v) is 3.21. The van der Waals surface area contributed by atoms with E-state index < -0.39 is 0 Å². The summed E-state index contributed by atoms with van der Waals surface area (Å²) in [7, 11) is 0. The topological polar surface area (TPSA) is 86.0 Å². The molecule has 0 aliphatic carbocycles. The molecule has 3 aromatic rings. The Bertz CT molecular complexity index is 878. The summed E-state index contributed by atoms with van der Waals surface area (Å²) < 4.78 is 7.28. The van der Waals surface area contributed by atoms with Crippen LogP contribution in [0.15, 0.2) is 55.1 Å². The van der Waals surface area contributed by atoms with Gasteiger partial charge in [-0.25, -0.2) is 4.68 Å². The van der Waals surface area contributed by atoms with Gasteiger partial charge in [0.1, 0.15) is 6.33 Å². The van der Waals surface area contributed by atoms with Crippen LogP contribution in [0.3, 0.4) is 0 Å². The van der Waals surface area contributed by atoms with Crippen molar-refractivity contribution in [1.82, 2.24) is 30.1 Å². The summed E-state index contributed by atoms with van der Waals surface area (Å²) in [6, 6.07) is 11.1. The van der Waals surface area contributed by atoms with Gasteiger partial charge < -0.3 is 9.64 Å². The molecule has 27 heavy (non-hydrogen) atoms. The average Bonchev–Trinajstić information content (AvgIpc) is 3.42. The first-order chi connectivity index (χ1) is 13.3. The molecule has 1 aliphatic rings. The lowest BCUT2D eigenvalue weighted by molar-refractivity contribution is 0.0507. The van der Waals surface area contributed by atoms with E-state index in [2.05, 4.69) is 20.5 Å². The average molecular weight is 364 g/mol. The molecule has 3 heterocycles. The van der Waals surface area contributed by atoms with Crippen LogP contribution in [0.1, 0.15) is 28.8 Å². The highest BCUT2D eigenvalue weighted by atomic mass is 16.5. The van der Waals surface area contributed by atoms with E-state index in [1.54, 1.807) is 18.5 Å². The lowest BCUT2D eigenvalue weighted by atomic mass is 10.1. The molecule has 1 unspecified atom stereocenters. The van der Waals surface area contributed by atoms with Gasteiger partial charge in [0.05, 0.1) is 11.8 Å². The molecule has 1 saturated heterocycles. The number of benzene rings is 1. The summed E-state index contributed by atoms with van der Waals surface area (Å²) in [6.45, 7) is 1.80. The molecule has 4 rings (SSSR count). The van der Waals surface area contributed by atoms with E-state index in [0.29, 0.717) is 18.7 Å². The third-order valence-electron chi connectivity index (χ3n) is 4.54. The van der Waals surface area contributed by atoms with Crippen LogP contribution >= 0.6 is 0 Å². The standard InChI is InChI=1S/C19H20N6O2/c26-19(16-5-1-6-17(10-16)25-14-21-22-23-25)24(13-18-7-3-9-27-18)12-15-4-2-8-20-11-15/h1-2,4-6,8,10-11,14,18H,3,7,9,12-13H2. The Kier molecular flexibility index (Phi) is 5.15. The van der Waals surface area contributed by atoms with Gasteiger partial charge in [0.25, 0.3) is 5.91 Å². The Morgan fingerprint density at radius 1 is 1.30 bits per heavy atom. The quantitative estimate of drug-likeness (QED) is 0.664. The normalized spacial score (nSPS) is 16.4. The predicted octanol–water partition coefficient (Wildman–Crippen LogP) is 1.88. The number of carbonyl (C=O) groups is 1. The van der Waals surface area contributed by atoms with Crippen LogP contribution in [0, 0.1) is 0 Å². The first kappa shape index (κ1) is 17.3. The molecule has 8 heteroatoms. The number of rotatable bonds is 6. The highest BCUT2D eigenvalue weighted by molar-refractivity contribution is 5.94. The number of pyridine rings is 1. The number of hydrogen-bond donors (Lipinski definition) is 0. The summed E-state index contributed by atoms with van der Waals surface area (Å²) in [6.07, 6.45) is 7.10. The Morgan fingerprint density at radius 3 is 3.00 bits per heavy atom. The molecule has 0 radical (unpaired) electrons. The van der Waals surface area contributed by atoms with Crippen molar-refractivity contribution in [3.63, 3.8) is 0 Å². The van der Waals surface area contributed by atoms with Crippen molar-refractivity contribution in [2.75, 3.05) is 13.2 Å². The molecule has 0 N–H and O–H groups in total. The number of tetrazole rings is 1. The van der Waals surface area contributed by atoms with Gasteiger partial charge in [-0.15, -0.1) is 5.10 Å². The zero-order chi connectivity index (χ0) is 18.5. The Balaban J connectivity index is 1.58. The number of nitrogens with zero attached hydrogens (tertiary/aromatic N) is 6. The smallest absolute Gasteiger partial charge is 0.254 e. The van der Waals surface area contributed by atoms with Crippen LogP contribution in [0.25, 0.3) is 5.69 Å². The maximum absolute atomic E-state index is 13.2. The second kappa shape index (κ2) is 8.05. The third-order valence-corrected chi connectivity index (χ3v) is 4.54. The molecule has 138 valence electrons. The van der Waals surface area contributed by atoms with E-state index in [0.717, 1.165) is 30.7 Å². The molecular weight excluding hydrogens is 344 g/mol. The summed E-state index contributed by atoms with van der Waals surface area (Å²) in [5, 5.41) is 11.2. The lowest BCUT2D eigenvalue weighted by Crippen LogP contribution is -2.37. The largest absolute Gasteiger partial charge is 0.376 e. The molecule has 1 aliphatic heterocycles. The Morgan fingerprint density at radius 2 is 2.26 bits per heavy atom. The third kappa shape index (κ3) is 4.17. The minimum absolute atomic E-state index is 0.0516. The number of hydrogen-bond acceptors (Lipinski definition) is 6. The van der Waals surface area contributed by atoms with E-state index in [4.69, 9.17) is 4.74 Å². The van der Waals surface area contributed by atoms with E-state index in [-0.39, 0.29) is 12.0 Å². The van der Waals surface area contributed by atoms with Gasteiger partial charge in [0, 0.05) is 37.7 Å². The minimum Gasteiger partial charge on any atom is -0.376 e. The van der Waals surface area contributed by atoms with Crippen molar-refractivity contribution in [3.8, 4) is 5.69 Å². The molecule has 2 aromatic heterocycles. The second-order valence-corrected chi connectivity index (χ2v) is 6.49. The summed E-state index contributed by atoms with van der Waals surface area (Å²) in [5.41, 5.74) is 2.31. The monoisotopic (exact) mass is 364 g/mol. The molecule has 1 fully saturated rings. The minimum atomic E-state index is -0.0516. The molecule has 1 amide bonds. The van der Waals surface area contributed by atoms with Crippen LogP contribution in [0.4, 0.5) is 0 Å². The lowest BCUT2D eigenvalue weighted by Gasteiger charge is -2.26. The first-order valence-corrected chi connectivity index (χ1v) is 8.93. The zero-order valence-electron chi connectivity index (χ0n) is 14.8. The van der Waals surface area contributed by atoms with Gasteiger partial charge in [-0.1, -0.05) is 12.1 Å². The van der Waals surface area contributed by atoms with Crippen molar-refractivity contribution in [3.05, 3.63) is 66.2 Å². The fourth-order valence-electron chi connectivity index (χ4n) is 3.21. The summed E-state index contributed by atoms with van der Waals surface area (Å²) in [5.74, 6) is -0.0516. The van der Waals surface area contributed by atoms with Gasteiger partial charge in [-0.05, 0) is 53.1 Å². The van der Waals surface area contributed by atoms with Crippen LogP contribution in [-0.4, -0.2) is 55.3 Å². The van der Waals surface area contributed by atoms with E-state index in [1.165, 1.54) is 11.0 Å². The van der Waals surface area contributed by atoms with Gasteiger partial charge >= 0.3 is 0 Å². The van der Waals surface area contributed by atoms with Crippen LogP contribution < -0.4 is 0 Å². The Hall–Kier alpha value is -3.13. The molecule has 0 spiro atoms. The van der Waals surface area contributed by atoms with Gasteiger partial charge in [-0.2, -0.15) is 0 Å². The first-order valence-electron chi connectivity index (χ1n) is 8.93. The van der Waals surface area contributed by atoms with Gasteiger partial charge in [0.15, 0.2) is 0 Å². The second-order valence-electron chi connectivity index (χ2n) is 6.49. The number of ether oxygens (including phenoxy) is 1. The van der Waals surface area contributed by atoms with E-state index in [9.17, 15) is 4.79 Å². The summed E-state index contributed by atoms with van der Waals surface area (Å²) in [4.78, 5) is 19.2. The van der Waals surface area contributed by atoms with Crippen molar-refractivity contribution >= 4 is 5.91 Å². The van der Waals surface area contributed by atoms with Crippen molar-refractivity contribution in [1.29, 1.82) is 0 Å². The number of carbonyl (C=O) groups excluding carboxylic acids is 1. The van der Waals surface area contributed by atoms with E-state index in [1.807, 2.05) is 35.2 Å². The number of amides is 1. The molecule has 1 atom stereocenters. The Labute approximate surface area is 156 Å². The van der Waals surface area contributed by atoms with Crippen LogP contribution in [-0.2, 0) is 11.3 Å². The predicted molar refractivity (Wildman–Crippen MR) is 97.1 cm³/mol. The summed E-state index contributed by atoms with van der Waals surface area (Å²) >= 11 is 0. The van der Waals surface area contributed by atoms with Crippen molar-refractivity contribution < 1.29 is 9.53 Å². The maximum atomic E-state index is 13.2. The van der Waals surface area contributed by atoms with Crippen molar-refractivity contribution in [2.45, 2.75) is 25.5 Å². The molecule has 1 aromatic carbocycles. The highest BCUT2D eigenvalue weighted by Gasteiger charge is 2.24. The van der Waals surface area contributed by atoms with Crippen LogP contribution in [0.5, 0.6) is 0 Å². The fraction of sp³-hybridized carbons (Fsp3) is 0.316. The van der Waals surface area contributed by atoms with Crippen LogP contribution in [0.2, 0.25) is 0 Å². The molecule has 8 nitrogen and oxygen atoms in total. The van der Waals surface area contributed by atoms with E-state index >= 15 is 0 Å². The van der Waals surface area contributed by atoms with Gasteiger partial charge in [0.2, 0.25) is 0 Å². The molecular formula is C19H20N6O2. The maximum Gasteiger partial charge on any atom is 0.254 e. The molecule has 0 bridgehead atoms. The highest BCUT2D eigenvalue weighted by Crippen LogP contribution is 2.18. The zero-order valence-corrected chi connectivity index (χ0v) is 14.8. The SMILES string of the molecule is O=C(c1cccc(-n2cnnn2)c1)N(Cc1cccnc1)CC1CCCO1. The number of aromatic nitrogens is 5. The van der Waals surface area contributed by atoms with Crippen molar-refractivity contribution in [2.24, 2.45) is 0 Å². The molecule has 0 saturated carbocycles.